The van der Waals surface area contributed by atoms with Gasteiger partial charge in [-0.15, -0.1) is 0 Å². The molecule has 0 amide bonds. The Bertz CT molecular complexity index is 756. The third-order valence-corrected chi connectivity index (χ3v) is 5.08. The van der Waals surface area contributed by atoms with Crippen LogP contribution in [0.1, 0.15) is 23.2 Å². The van der Waals surface area contributed by atoms with Crippen LogP contribution in [0.15, 0.2) is 42.6 Å². The van der Waals surface area contributed by atoms with Crippen LogP contribution in [0.25, 0.3) is 0 Å². The highest BCUT2D eigenvalue weighted by atomic mass is 19.1. The molecular weight excluding hydrogens is 303 g/mol. The van der Waals surface area contributed by atoms with Crippen LogP contribution in [-0.2, 0) is 13.1 Å². The average Bonchev–Trinajstić information content (AvgIpc) is 2.62. The molecule has 1 aromatic heterocycles. The highest BCUT2D eigenvalue weighted by Crippen LogP contribution is 2.34. The van der Waals surface area contributed by atoms with Gasteiger partial charge in [0.1, 0.15) is 5.82 Å². The lowest BCUT2D eigenvalue weighted by molar-refractivity contribution is -0.0779. The third kappa shape index (κ3) is 2.91. The van der Waals surface area contributed by atoms with Gasteiger partial charge in [0, 0.05) is 44.5 Å². The maximum atomic E-state index is 13.8. The summed E-state index contributed by atoms with van der Waals surface area (Å²) in [6.07, 6.45) is 2.87. The number of halogens is 1. The van der Waals surface area contributed by atoms with Gasteiger partial charge in [-0.05, 0) is 36.2 Å². The maximum Gasteiger partial charge on any atom is 0.146 e. The molecule has 0 N–H and O–H groups in total. The van der Waals surface area contributed by atoms with Crippen molar-refractivity contribution in [1.82, 2.24) is 14.8 Å². The molecule has 2 aromatic rings. The number of benzene rings is 1. The van der Waals surface area contributed by atoms with Crippen LogP contribution in [0.2, 0.25) is 0 Å². The SMILES string of the molecule is N#Cc1ccc(CN2C3CC2CN(Cc2ncccc2F)C3)cc1. The van der Waals surface area contributed by atoms with Crippen molar-refractivity contribution in [1.29, 1.82) is 5.26 Å². The molecule has 0 radical (unpaired) electrons. The Morgan fingerprint density at radius 3 is 2.54 bits per heavy atom. The Morgan fingerprint density at radius 1 is 1.12 bits per heavy atom. The van der Waals surface area contributed by atoms with Gasteiger partial charge in [0.2, 0.25) is 0 Å². The van der Waals surface area contributed by atoms with E-state index in [9.17, 15) is 4.39 Å². The summed E-state index contributed by atoms with van der Waals surface area (Å²) in [4.78, 5) is 8.98. The van der Waals surface area contributed by atoms with E-state index in [1.54, 1.807) is 12.3 Å². The van der Waals surface area contributed by atoms with Crippen LogP contribution >= 0.6 is 0 Å². The lowest BCUT2D eigenvalue weighted by atomic mass is 9.86. The predicted molar refractivity (Wildman–Crippen MR) is 88.4 cm³/mol. The zero-order valence-electron chi connectivity index (χ0n) is 13.4. The number of nitriles is 1. The molecule has 3 aliphatic rings. The number of hydrogen-bond donors (Lipinski definition) is 0. The number of rotatable bonds is 4. The van der Waals surface area contributed by atoms with Crippen molar-refractivity contribution >= 4 is 0 Å². The van der Waals surface area contributed by atoms with E-state index in [4.69, 9.17) is 5.26 Å². The van der Waals surface area contributed by atoms with Gasteiger partial charge in [0.25, 0.3) is 0 Å². The molecule has 1 aromatic carbocycles. The Hall–Kier alpha value is -2.29. The Balaban J connectivity index is 1.36. The van der Waals surface area contributed by atoms with Gasteiger partial charge in [-0.25, -0.2) is 4.39 Å². The molecule has 0 saturated carbocycles. The van der Waals surface area contributed by atoms with Crippen LogP contribution in [0.3, 0.4) is 0 Å². The fourth-order valence-corrected chi connectivity index (χ4v) is 3.80. The van der Waals surface area contributed by atoms with Crippen molar-refractivity contribution in [3.05, 3.63) is 65.2 Å². The third-order valence-electron chi connectivity index (χ3n) is 5.08. The Kier molecular flexibility index (Phi) is 4.01. The first-order valence-corrected chi connectivity index (χ1v) is 8.29. The van der Waals surface area contributed by atoms with E-state index >= 15 is 0 Å². The smallest absolute Gasteiger partial charge is 0.146 e. The summed E-state index contributed by atoms with van der Waals surface area (Å²) in [5, 5.41) is 8.87. The molecule has 3 fully saturated rings. The fraction of sp³-hybridized carbons (Fsp3) is 0.368. The molecule has 5 heteroatoms. The van der Waals surface area contributed by atoms with Crippen molar-refractivity contribution in [2.75, 3.05) is 13.1 Å². The van der Waals surface area contributed by atoms with Crippen molar-refractivity contribution in [3.8, 4) is 6.07 Å². The standard InChI is InChI=1S/C19H19FN4/c20-18-2-1-7-22-19(18)13-23-11-16-8-17(12-23)24(16)10-15-5-3-14(9-21)4-6-15/h1-7,16-17H,8,10-13H2. The first-order valence-electron chi connectivity index (χ1n) is 8.29. The number of pyridine rings is 1. The first-order chi connectivity index (χ1) is 11.7. The monoisotopic (exact) mass is 322 g/mol. The van der Waals surface area contributed by atoms with Crippen LogP contribution in [0.5, 0.6) is 0 Å². The largest absolute Gasteiger partial charge is 0.294 e. The molecule has 4 nitrogen and oxygen atoms in total. The summed E-state index contributed by atoms with van der Waals surface area (Å²) in [5.41, 5.74) is 2.48. The van der Waals surface area contributed by atoms with Crippen molar-refractivity contribution in [2.45, 2.75) is 31.6 Å². The topological polar surface area (TPSA) is 43.2 Å². The van der Waals surface area contributed by atoms with Crippen LogP contribution in [0, 0.1) is 17.1 Å². The van der Waals surface area contributed by atoms with Crippen molar-refractivity contribution in [2.24, 2.45) is 0 Å². The number of piperazine rings is 1. The van der Waals surface area contributed by atoms with E-state index in [0.717, 1.165) is 19.6 Å². The second kappa shape index (κ2) is 6.31. The van der Waals surface area contributed by atoms with Gasteiger partial charge in [0.05, 0.1) is 17.3 Å². The molecule has 3 saturated heterocycles. The van der Waals surface area contributed by atoms with Gasteiger partial charge in [-0.3, -0.25) is 14.8 Å². The quantitative estimate of drug-likeness (QED) is 0.868. The van der Waals surface area contributed by atoms with Crippen LogP contribution in [-0.4, -0.2) is 40.0 Å². The molecule has 5 rings (SSSR count). The van der Waals surface area contributed by atoms with Gasteiger partial charge in [-0.2, -0.15) is 5.26 Å². The molecule has 2 bridgehead atoms. The summed E-state index contributed by atoms with van der Waals surface area (Å²) in [6, 6.07) is 14.1. The van der Waals surface area contributed by atoms with Gasteiger partial charge >= 0.3 is 0 Å². The highest BCUT2D eigenvalue weighted by molar-refractivity contribution is 5.31. The predicted octanol–water partition coefficient (Wildman–Crippen LogP) is 2.55. The van der Waals surface area contributed by atoms with E-state index in [1.807, 2.05) is 24.3 Å². The highest BCUT2D eigenvalue weighted by Gasteiger charge is 2.44. The number of fused-ring (bicyclic) bond motifs is 2. The molecule has 3 aliphatic heterocycles. The summed E-state index contributed by atoms with van der Waals surface area (Å²) >= 11 is 0. The molecule has 24 heavy (non-hydrogen) atoms. The molecule has 2 atom stereocenters. The minimum Gasteiger partial charge on any atom is -0.294 e. The number of aromatic nitrogens is 1. The van der Waals surface area contributed by atoms with E-state index in [0.29, 0.717) is 29.9 Å². The summed E-state index contributed by atoms with van der Waals surface area (Å²) in [6.45, 7) is 3.43. The van der Waals surface area contributed by atoms with Gasteiger partial charge < -0.3 is 0 Å². The van der Waals surface area contributed by atoms with Crippen molar-refractivity contribution in [3.63, 3.8) is 0 Å². The number of nitrogens with zero attached hydrogens (tertiary/aromatic N) is 4. The zero-order valence-corrected chi connectivity index (χ0v) is 13.4. The molecule has 0 spiro atoms. The Labute approximate surface area is 141 Å². The summed E-state index contributed by atoms with van der Waals surface area (Å²) in [7, 11) is 0. The maximum absolute atomic E-state index is 13.8. The van der Waals surface area contributed by atoms with E-state index in [2.05, 4.69) is 20.9 Å². The second-order valence-corrected chi connectivity index (χ2v) is 6.65. The molecule has 122 valence electrons. The van der Waals surface area contributed by atoms with Crippen molar-refractivity contribution < 1.29 is 4.39 Å². The first kappa shape index (κ1) is 15.3. The van der Waals surface area contributed by atoms with E-state index in [1.165, 1.54) is 18.1 Å². The summed E-state index contributed by atoms with van der Waals surface area (Å²) in [5.74, 6) is -0.216. The Morgan fingerprint density at radius 2 is 1.88 bits per heavy atom. The van der Waals surface area contributed by atoms with E-state index < -0.39 is 0 Å². The summed E-state index contributed by atoms with van der Waals surface area (Å²) < 4.78 is 13.8. The number of hydrogen-bond acceptors (Lipinski definition) is 4. The van der Waals surface area contributed by atoms with Crippen LogP contribution < -0.4 is 0 Å². The normalized spacial score (nSPS) is 23.5. The lowest BCUT2D eigenvalue weighted by Crippen LogP contribution is -2.67. The molecule has 2 unspecified atom stereocenters. The number of piperidine rings is 1. The average molecular weight is 322 g/mol. The lowest BCUT2D eigenvalue weighted by Gasteiger charge is -2.56. The molecular formula is C19H19FN4. The molecule has 4 heterocycles. The van der Waals surface area contributed by atoms with E-state index in [-0.39, 0.29) is 5.82 Å². The van der Waals surface area contributed by atoms with Gasteiger partial charge in [0.15, 0.2) is 0 Å². The second-order valence-electron chi connectivity index (χ2n) is 6.65. The van der Waals surface area contributed by atoms with Gasteiger partial charge in [-0.1, -0.05) is 12.1 Å². The molecule has 0 aliphatic carbocycles. The zero-order chi connectivity index (χ0) is 16.5. The van der Waals surface area contributed by atoms with Crippen LogP contribution in [0.4, 0.5) is 4.39 Å². The fourth-order valence-electron chi connectivity index (χ4n) is 3.80. The minimum absolute atomic E-state index is 0.216. The minimum atomic E-state index is -0.216.